The standard InChI is InChI=1S/C11H9F3N2O2/c12-11(13,14)7-3-1-2-6(4-7)10-15-8(17)5-9(18)16-10/h1-5,8,17-18H,(H,15,16). The van der Waals surface area contributed by atoms with Crippen LogP contribution in [0.5, 0.6) is 0 Å². The van der Waals surface area contributed by atoms with E-state index in [1.165, 1.54) is 12.1 Å². The Morgan fingerprint density at radius 2 is 2.00 bits per heavy atom. The van der Waals surface area contributed by atoms with Crippen molar-refractivity contribution in [2.45, 2.75) is 12.4 Å². The molecule has 1 aromatic rings. The number of rotatable bonds is 1. The van der Waals surface area contributed by atoms with Gasteiger partial charge in [-0.1, -0.05) is 12.1 Å². The topological polar surface area (TPSA) is 64.8 Å². The summed E-state index contributed by atoms with van der Waals surface area (Å²) in [6.07, 6.45) is -4.71. The molecule has 4 nitrogen and oxygen atoms in total. The Bertz CT molecular complexity index is 523. The molecular weight excluding hydrogens is 249 g/mol. The first kappa shape index (κ1) is 12.4. The summed E-state index contributed by atoms with van der Waals surface area (Å²) in [6.45, 7) is 0. The highest BCUT2D eigenvalue weighted by molar-refractivity contribution is 6.00. The Hall–Kier alpha value is -2.02. The van der Waals surface area contributed by atoms with Crippen LogP contribution < -0.4 is 5.32 Å². The normalized spacial score (nSPS) is 19.9. The quantitative estimate of drug-likeness (QED) is 0.719. The van der Waals surface area contributed by atoms with Crippen molar-refractivity contribution in [1.82, 2.24) is 5.32 Å². The van der Waals surface area contributed by atoms with Gasteiger partial charge in [0.15, 0.2) is 12.1 Å². The van der Waals surface area contributed by atoms with Gasteiger partial charge in [-0.25, -0.2) is 4.99 Å². The van der Waals surface area contributed by atoms with E-state index in [4.69, 9.17) is 0 Å². The van der Waals surface area contributed by atoms with Crippen molar-refractivity contribution in [3.05, 3.63) is 47.4 Å². The summed E-state index contributed by atoms with van der Waals surface area (Å²) in [4.78, 5) is 3.68. The predicted octanol–water partition coefficient (Wildman–Crippen LogP) is 1.77. The molecule has 0 fully saturated rings. The molecule has 3 N–H and O–H groups in total. The molecule has 1 heterocycles. The maximum absolute atomic E-state index is 12.5. The number of halogens is 3. The molecule has 18 heavy (non-hydrogen) atoms. The van der Waals surface area contributed by atoms with Crippen LogP contribution in [0.4, 0.5) is 13.2 Å². The van der Waals surface area contributed by atoms with Crippen molar-refractivity contribution < 1.29 is 23.4 Å². The molecule has 1 aromatic carbocycles. The van der Waals surface area contributed by atoms with Gasteiger partial charge in [0, 0.05) is 11.6 Å². The summed E-state index contributed by atoms with van der Waals surface area (Å²) in [5.74, 6) is -0.376. The number of hydrogen-bond donors (Lipinski definition) is 3. The Kier molecular flexibility index (Phi) is 3.00. The van der Waals surface area contributed by atoms with Gasteiger partial charge in [-0.15, -0.1) is 0 Å². The molecular formula is C11H9F3N2O2. The number of aliphatic imine (C=N–C) groups is 1. The molecule has 0 aromatic heterocycles. The van der Waals surface area contributed by atoms with Gasteiger partial charge in [0.1, 0.15) is 5.84 Å². The second kappa shape index (κ2) is 4.34. The summed E-state index contributed by atoms with van der Waals surface area (Å²) in [6, 6.07) is 4.44. The van der Waals surface area contributed by atoms with Crippen LogP contribution in [0.1, 0.15) is 11.1 Å². The lowest BCUT2D eigenvalue weighted by atomic mass is 10.1. The van der Waals surface area contributed by atoms with Gasteiger partial charge < -0.3 is 15.5 Å². The van der Waals surface area contributed by atoms with Gasteiger partial charge in [0.05, 0.1) is 5.56 Å². The zero-order valence-electron chi connectivity index (χ0n) is 8.94. The van der Waals surface area contributed by atoms with Gasteiger partial charge in [0.2, 0.25) is 0 Å². The van der Waals surface area contributed by atoms with Crippen molar-refractivity contribution >= 4 is 5.84 Å². The van der Waals surface area contributed by atoms with Gasteiger partial charge in [-0.2, -0.15) is 13.2 Å². The van der Waals surface area contributed by atoms with Crippen molar-refractivity contribution in [2.75, 3.05) is 0 Å². The number of hydrogen-bond acceptors (Lipinski definition) is 4. The van der Waals surface area contributed by atoms with E-state index in [1.54, 1.807) is 0 Å². The van der Waals surface area contributed by atoms with E-state index in [9.17, 15) is 23.4 Å². The molecule has 1 unspecified atom stereocenters. The summed E-state index contributed by atoms with van der Waals surface area (Å²) < 4.78 is 37.6. The minimum Gasteiger partial charge on any atom is -0.495 e. The lowest BCUT2D eigenvalue weighted by molar-refractivity contribution is -0.137. The number of benzene rings is 1. The summed E-state index contributed by atoms with van der Waals surface area (Å²) >= 11 is 0. The molecule has 0 radical (unpaired) electrons. The molecule has 0 saturated heterocycles. The second-order valence-electron chi connectivity index (χ2n) is 3.65. The molecule has 1 atom stereocenters. The molecule has 0 spiro atoms. The fourth-order valence-electron chi connectivity index (χ4n) is 1.50. The molecule has 0 saturated carbocycles. The fraction of sp³-hybridized carbons (Fsp3) is 0.182. The molecule has 2 rings (SSSR count). The smallest absolute Gasteiger partial charge is 0.416 e. The van der Waals surface area contributed by atoms with Crippen LogP contribution in [0.3, 0.4) is 0 Å². The third-order valence-corrected chi connectivity index (χ3v) is 2.28. The highest BCUT2D eigenvalue weighted by Crippen LogP contribution is 2.29. The molecule has 96 valence electrons. The van der Waals surface area contributed by atoms with Gasteiger partial charge in [0.25, 0.3) is 0 Å². The zero-order valence-corrected chi connectivity index (χ0v) is 8.94. The summed E-state index contributed by atoms with van der Waals surface area (Å²) in [5, 5.41) is 20.9. The monoisotopic (exact) mass is 258 g/mol. The number of nitrogens with zero attached hydrogens (tertiary/aromatic N) is 1. The van der Waals surface area contributed by atoms with Crippen LogP contribution in [0.25, 0.3) is 0 Å². The third kappa shape index (κ3) is 2.62. The lowest BCUT2D eigenvalue weighted by Crippen LogP contribution is -2.30. The Balaban J connectivity index is 2.35. The lowest BCUT2D eigenvalue weighted by Gasteiger charge is -2.17. The molecule has 0 amide bonds. The van der Waals surface area contributed by atoms with E-state index in [0.29, 0.717) is 0 Å². The van der Waals surface area contributed by atoms with Crippen LogP contribution in [0.15, 0.2) is 41.2 Å². The van der Waals surface area contributed by atoms with Crippen molar-refractivity contribution in [3.63, 3.8) is 0 Å². The van der Waals surface area contributed by atoms with Crippen LogP contribution in [-0.4, -0.2) is 22.3 Å². The van der Waals surface area contributed by atoms with Gasteiger partial charge in [-0.05, 0) is 12.1 Å². The summed E-state index contributed by atoms with van der Waals surface area (Å²) in [5.41, 5.74) is -0.698. The summed E-state index contributed by atoms with van der Waals surface area (Å²) in [7, 11) is 0. The minimum absolute atomic E-state index is 0.0198. The SMILES string of the molecule is OC1=CC(O)N=C(c2cccc(C(F)(F)F)c2)N1. The maximum Gasteiger partial charge on any atom is 0.416 e. The second-order valence-corrected chi connectivity index (χ2v) is 3.65. The van der Waals surface area contributed by atoms with E-state index in [-0.39, 0.29) is 17.3 Å². The fourth-order valence-corrected chi connectivity index (χ4v) is 1.50. The molecule has 1 aliphatic heterocycles. The van der Waals surface area contributed by atoms with Gasteiger partial charge >= 0.3 is 6.18 Å². The molecule has 1 aliphatic rings. The van der Waals surface area contributed by atoms with Crippen LogP contribution in [0, 0.1) is 0 Å². The first-order valence-corrected chi connectivity index (χ1v) is 4.97. The number of aliphatic hydroxyl groups is 2. The van der Waals surface area contributed by atoms with E-state index >= 15 is 0 Å². The van der Waals surface area contributed by atoms with Crippen molar-refractivity contribution in [2.24, 2.45) is 4.99 Å². The number of aliphatic hydroxyl groups excluding tert-OH is 2. The Morgan fingerprint density at radius 3 is 2.61 bits per heavy atom. The van der Waals surface area contributed by atoms with E-state index in [2.05, 4.69) is 10.3 Å². The van der Waals surface area contributed by atoms with E-state index in [0.717, 1.165) is 18.2 Å². The van der Waals surface area contributed by atoms with Crippen molar-refractivity contribution in [3.8, 4) is 0 Å². The van der Waals surface area contributed by atoms with Crippen LogP contribution in [0.2, 0.25) is 0 Å². The maximum atomic E-state index is 12.5. The predicted molar refractivity (Wildman–Crippen MR) is 57.8 cm³/mol. The first-order chi connectivity index (χ1) is 8.36. The highest BCUT2D eigenvalue weighted by atomic mass is 19.4. The first-order valence-electron chi connectivity index (χ1n) is 4.97. The minimum atomic E-state index is -4.46. The average Bonchev–Trinajstić information content (AvgIpc) is 2.27. The highest BCUT2D eigenvalue weighted by Gasteiger charge is 2.30. The zero-order chi connectivity index (χ0) is 13.3. The Labute approximate surface area is 100 Å². The molecule has 0 bridgehead atoms. The van der Waals surface area contributed by atoms with E-state index in [1.807, 2.05) is 0 Å². The van der Waals surface area contributed by atoms with Crippen LogP contribution >= 0.6 is 0 Å². The van der Waals surface area contributed by atoms with E-state index < -0.39 is 18.0 Å². The number of amidine groups is 1. The number of nitrogens with one attached hydrogen (secondary N) is 1. The van der Waals surface area contributed by atoms with Gasteiger partial charge in [-0.3, -0.25) is 0 Å². The average molecular weight is 258 g/mol. The van der Waals surface area contributed by atoms with Crippen LogP contribution in [-0.2, 0) is 6.18 Å². The third-order valence-electron chi connectivity index (χ3n) is 2.28. The number of alkyl halides is 3. The van der Waals surface area contributed by atoms with Crippen molar-refractivity contribution in [1.29, 1.82) is 0 Å². The largest absolute Gasteiger partial charge is 0.495 e. The Morgan fingerprint density at radius 1 is 1.28 bits per heavy atom. The molecule has 0 aliphatic carbocycles. The molecule has 7 heteroatoms.